The van der Waals surface area contributed by atoms with Gasteiger partial charge in [-0.2, -0.15) is 0 Å². The van der Waals surface area contributed by atoms with Crippen molar-refractivity contribution in [1.82, 2.24) is 0 Å². The summed E-state index contributed by atoms with van der Waals surface area (Å²) in [4.78, 5) is 0. The lowest BCUT2D eigenvalue weighted by molar-refractivity contribution is 0.805. The number of hydrogen-bond donors (Lipinski definition) is 1. The van der Waals surface area contributed by atoms with Crippen LogP contribution in [0.4, 0.5) is 0 Å². The van der Waals surface area contributed by atoms with Gasteiger partial charge in [0.05, 0.1) is 6.04 Å². The van der Waals surface area contributed by atoms with Gasteiger partial charge in [-0.1, -0.05) is 12.8 Å². The van der Waals surface area contributed by atoms with E-state index in [2.05, 4.69) is 5.92 Å². The van der Waals surface area contributed by atoms with Gasteiger partial charge in [-0.05, 0) is 12.8 Å². The Morgan fingerprint density at radius 1 is 2.00 bits per heavy atom. The Morgan fingerprint density at radius 3 is 2.50 bits per heavy atom. The van der Waals surface area contributed by atoms with Crippen LogP contribution in [-0.2, 0) is 0 Å². The summed E-state index contributed by atoms with van der Waals surface area (Å²) < 4.78 is 0. The van der Waals surface area contributed by atoms with E-state index in [-0.39, 0.29) is 6.04 Å². The Labute approximate surface area is 38.5 Å². The predicted octanol–water partition coefficient (Wildman–Crippen LogP) is 0.313. The predicted molar refractivity (Wildman–Crippen MR) is 25.4 cm³/mol. The van der Waals surface area contributed by atoms with Crippen LogP contribution in [0, 0.1) is 12.3 Å². The smallest absolute Gasteiger partial charge is 0.0672 e. The lowest BCUT2D eigenvalue weighted by Gasteiger charge is -1.91. The first-order chi connectivity index (χ1) is 2.81. The summed E-state index contributed by atoms with van der Waals surface area (Å²) in [6, 6.07) is -0.148. The van der Waals surface area contributed by atoms with Crippen LogP contribution in [0.3, 0.4) is 0 Å². The van der Waals surface area contributed by atoms with Crippen LogP contribution in [0.2, 0.25) is 0 Å². The average Bonchev–Trinajstić information content (AvgIpc) is 1.65. The highest BCUT2D eigenvalue weighted by molar-refractivity contribution is 4.89. The molecule has 0 rings (SSSR count). The van der Waals surface area contributed by atoms with Gasteiger partial charge in [-0.3, -0.25) is 0 Å². The molecule has 2 N–H and O–H groups in total. The van der Waals surface area contributed by atoms with Crippen molar-refractivity contribution in [3.05, 3.63) is 6.42 Å². The molecule has 6 heavy (non-hydrogen) atoms. The van der Waals surface area contributed by atoms with E-state index in [0.29, 0.717) is 0 Å². The van der Waals surface area contributed by atoms with Crippen molar-refractivity contribution in [2.45, 2.75) is 19.4 Å². The molecular weight excluding hydrogens is 74.1 g/mol. The zero-order valence-electron chi connectivity index (χ0n) is 3.86. The minimum absolute atomic E-state index is 0.148. The summed E-state index contributed by atoms with van der Waals surface area (Å²) >= 11 is 0. The standard InChI is InChI=1S/C5H8N/c1-3-5(6)4-2/h5H,3,6H2,1H3. The number of hydrogen-bond acceptors (Lipinski definition) is 1. The van der Waals surface area contributed by atoms with E-state index < -0.39 is 0 Å². The molecule has 33 valence electrons. The molecule has 0 aromatic carbocycles. The molecule has 0 spiro atoms. The summed E-state index contributed by atoms with van der Waals surface area (Å²) in [6.07, 6.45) is 7.24. The third kappa shape index (κ3) is 1.80. The fourth-order valence-electron chi connectivity index (χ4n) is 0.102. The van der Waals surface area contributed by atoms with Crippen molar-refractivity contribution in [2.75, 3.05) is 0 Å². The first kappa shape index (κ1) is 5.52. The summed E-state index contributed by atoms with van der Waals surface area (Å²) in [7, 11) is 0. The molecule has 0 saturated heterocycles. The van der Waals surface area contributed by atoms with Gasteiger partial charge in [-0.15, -0.1) is 0 Å². The van der Waals surface area contributed by atoms with Gasteiger partial charge in [0.25, 0.3) is 0 Å². The van der Waals surface area contributed by atoms with Crippen molar-refractivity contribution in [3.8, 4) is 5.92 Å². The highest BCUT2D eigenvalue weighted by Gasteiger charge is 1.85. The SMILES string of the molecule is [C]#CC(N)CC. The molecule has 1 atom stereocenters. The van der Waals surface area contributed by atoms with Gasteiger partial charge in [0, 0.05) is 0 Å². The molecule has 1 heteroatoms. The second-order valence-corrected chi connectivity index (χ2v) is 1.16. The largest absolute Gasteiger partial charge is 0.318 e. The fourth-order valence-corrected chi connectivity index (χ4v) is 0.102. The van der Waals surface area contributed by atoms with E-state index in [9.17, 15) is 0 Å². The van der Waals surface area contributed by atoms with Gasteiger partial charge < -0.3 is 5.73 Å². The van der Waals surface area contributed by atoms with Gasteiger partial charge in [-0.25, -0.2) is 0 Å². The maximum Gasteiger partial charge on any atom is 0.0672 e. The summed E-state index contributed by atoms with van der Waals surface area (Å²) in [6.45, 7) is 1.92. The average molecular weight is 82.1 g/mol. The Kier molecular flexibility index (Phi) is 2.52. The quantitative estimate of drug-likeness (QED) is 0.453. The highest BCUT2D eigenvalue weighted by atomic mass is 14.6. The molecule has 0 fully saturated rings. The van der Waals surface area contributed by atoms with E-state index in [4.69, 9.17) is 12.2 Å². The Balaban J connectivity index is 3.04. The molecule has 0 aliphatic heterocycles. The third-order valence-electron chi connectivity index (χ3n) is 0.625. The zero-order chi connectivity index (χ0) is 4.99. The van der Waals surface area contributed by atoms with Crippen molar-refractivity contribution >= 4 is 0 Å². The van der Waals surface area contributed by atoms with Crippen LogP contribution in [0.5, 0.6) is 0 Å². The summed E-state index contributed by atoms with van der Waals surface area (Å²) in [5.74, 6) is 2.14. The second-order valence-electron chi connectivity index (χ2n) is 1.16. The van der Waals surface area contributed by atoms with E-state index in [1.807, 2.05) is 6.92 Å². The molecule has 0 amide bonds. The molecule has 0 aliphatic carbocycles. The minimum Gasteiger partial charge on any atom is -0.318 e. The lowest BCUT2D eigenvalue weighted by Crippen LogP contribution is -2.14. The van der Waals surface area contributed by atoms with Crippen LogP contribution in [0.25, 0.3) is 0 Å². The Bertz CT molecular complexity index is 60.8. The van der Waals surface area contributed by atoms with Crippen LogP contribution < -0.4 is 5.73 Å². The van der Waals surface area contributed by atoms with Crippen molar-refractivity contribution in [1.29, 1.82) is 0 Å². The Hall–Kier alpha value is -0.480. The lowest BCUT2D eigenvalue weighted by atomic mass is 10.3. The second kappa shape index (κ2) is 2.74. The van der Waals surface area contributed by atoms with E-state index >= 15 is 0 Å². The molecule has 0 aromatic rings. The van der Waals surface area contributed by atoms with Gasteiger partial charge >= 0.3 is 0 Å². The maximum absolute atomic E-state index is 6.43. The molecule has 0 aromatic heterocycles. The number of rotatable bonds is 1. The minimum atomic E-state index is -0.148. The van der Waals surface area contributed by atoms with Crippen molar-refractivity contribution < 1.29 is 0 Å². The third-order valence-corrected chi connectivity index (χ3v) is 0.625. The zero-order valence-corrected chi connectivity index (χ0v) is 3.86. The topological polar surface area (TPSA) is 26.0 Å². The molecule has 1 nitrogen and oxygen atoms in total. The molecule has 0 heterocycles. The highest BCUT2D eigenvalue weighted by Crippen LogP contribution is 1.78. The Morgan fingerprint density at radius 2 is 2.50 bits per heavy atom. The van der Waals surface area contributed by atoms with Crippen molar-refractivity contribution in [3.63, 3.8) is 0 Å². The van der Waals surface area contributed by atoms with Crippen molar-refractivity contribution in [2.24, 2.45) is 5.73 Å². The maximum atomic E-state index is 6.43. The van der Waals surface area contributed by atoms with E-state index in [1.54, 1.807) is 0 Å². The van der Waals surface area contributed by atoms with E-state index in [0.717, 1.165) is 6.42 Å². The fraction of sp³-hybridized carbons (Fsp3) is 0.600. The van der Waals surface area contributed by atoms with Crippen LogP contribution in [0.15, 0.2) is 0 Å². The summed E-state index contributed by atoms with van der Waals surface area (Å²) in [5, 5.41) is 0. The first-order valence-electron chi connectivity index (χ1n) is 1.99. The van der Waals surface area contributed by atoms with Crippen LogP contribution >= 0.6 is 0 Å². The molecule has 0 aliphatic rings. The number of nitrogens with two attached hydrogens (primary N) is 1. The molecule has 1 radical (unpaired) electrons. The first-order valence-corrected chi connectivity index (χ1v) is 1.99. The monoisotopic (exact) mass is 82.1 g/mol. The molecule has 1 unspecified atom stereocenters. The van der Waals surface area contributed by atoms with Gasteiger partial charge in [0.1, 0.15) is 0 Å². The normalized spacial score (nSPS) is 12.8. The van der Waals surface area contributed by atoms with E-state index in [1.165, 1.54) is 0 Å². The van der Waals surface area contributed by atoms with Gasteiger partial charge in [0.2, 0.25) is 0 Å². The van der Waals surface area contributed by atoms with Crippen LogP contribution in [0.1, 0.15) is 13.3 Å². The molecular formula is C5H8N. The van der Waals surface area contributed by atoms with Crippen LogP contribution in [-0.4, -0.2) is 6.04 Å². The molecule has 0 bridgehead atoms. The molecule has 0 saturated carbocycles. The summed E-state index contributed by atoms with van der Waals surface area (Å²) in [5.41, 5.74) is 5.17. The van der Waals surface area contributed by atoms with Gasteiger partial charge in [0.15, 0.2) is 0 Å².